The fraction of sp³-hybridized carbons (Fsp3) is 0.522. The van der Waals surface area contributed by atoms with Crippen LogP contribution in [0.5, 0.6) is 11.5 Å². The summed E-state index contributed by atoms with van der Waals surface area (Å²) in [4.78, 5) is 0. The summed E-state index contributed by atoms with van der Waals surface area (Å²) >= 11 is 0. The number of aromatic hydroxyl groups is 2. The lowest BCUT2D eigenvalue weighted by Crippen LogP contribution is -1.91. The minimum absolute atomic E-state index is 0.136. The summed E-state index contributed by atoms with van der Waals surface area (Å²) in [5.41, 5.74) is 11.9. The summed E-state index contributed by atoms with van der Waals surface area (Å²) in [7, 11) is 0. The first kappa shape index (κ1) is 43.7. The molecular weight excluding hydrogens is 601 g/mol. The molecule has 0 atom stereocenters. The molecule has 0 saturated carbocycles. The maximum Gasteiger partial charge on any atom is 0.119 e. The second-order valence-electron chi connectivity index (χ2n) is 14.4. The SMILES string of the molecule is CC(C)=CCCC(C)=CCCC(C)=CCCC(C)=CCCC(C)=CCCC(=CCCC(C)=CCCC(C)=CCc1cc(O)ccc1O)CO. The number of aliphatic hydroxyl groups is 1. The number of phenols is 2. The minimum Gasteiger partial charge on any atom is -0.508 e. The lowest BCUT2D eigenvalue weighted by molar-refractivity contribution is 0.326. The third-order valence-electron chi connectivity index (χ3n) is 9.08. The normalized spacial score (nSPS) is 14.1. The Kier molecular flexibility index (Phi) is 23.7. The van der Waals surface area contributed by atoms with Crippen LogP contribution < -0.4 is 0 Å². The maximum atomic E-state index is 9.96. The van der Waals surface area contributed by atoms with Gasteiger partial charge in [0.1, 0.15) is 11.5 Å². The van der Waals surface area contributed by atoms with E-state index in [1.54, 1.807) is 6.07 Å². The molecule has 0 spiro atoms. The zero-order valence-corrected chi connectivity index (χ0v) is 32.5. The number of benzene rings is 1. The van der Waals surface area contributed by atoms with Crippen molar-refractivity contribution in [3.63, 3.8) is 0 Å². The number of aliphatic hydroxyl groups excluding tert-OH is 1. The Hall–Kier alpha value is -3.30. The molecule has 49 heavy (non-hydrogen) atoms. The lowest BCUT2D eigenvalue weighted by Gasteiger charge is -2.06. The first-order valence-corrected chi connectivity index (χ1v) is 18.8. The maximum absolute atomic E-state index is 9.96. The van der Waals surface area contributed by atoms with Crippen molar-refractivity contribution in [3.05, 3.63) is 117 Å². The highest BCUT2D eigenvalue weighted by Gasteiger charge is 2.02. The Morgan fingerprint density at radius 3 is 1.24 bits per heavy atom. The predicted molar refractivity (Wildman–Crippen MR) is 215 cm³/mol. The van der Waals surface area contributed by atoms with Crippen molar-refractivity contribution in [1.29, 1.82) is 0 Å². The molecule has 0 aliphatic heterocycles. The Morgan fingerprint density at radius 2 is 0.837 bits per heavy atom. The number of rotatable bonds is 24. The molecule has 0 aliphatic rings. The smallest absolute Gasteiger partial charge is 0.119 e. The van der Waals surface area contributed by atoms with Crippen molar-refractivity contribution in [2.45, 2.75) is 152 Å². The van der Waals surface area contributed by atoms with Crippen molar-refractivity contribution in [3.8, 4) is 11.5 Å². The van der Waals surface area contributed by atoms with Crippen molar-refractivity contribution < 1.29 is 15.3 Å². The third-order valence-corrected chi connectivity index (χ3v) is 9.08. The molecule has 0 saturated heterocycles. The molecule has 0 bridgehead atoms. The molecule has 3 nitrogen and oxygen atoms in total. The molecule has 0 aromatic heterocycles. The molecule has 0 heterocycles. The number of phenolic OH excluding ortho intramolecular Hbond substituents is 2. The molecule has 1 rings (SSSR count). The first-order chi connectivity index (χ1) is 23.4. The molecule has 1 aromatic rings. The largest absolute Gasteiger partial charge is 0.508 e. The third kappa shape index (κ3) is 23.7. The van der Waals surface area contributed by atoms with E-state index in [2.05, 4.69) is 104 Å². The van der Waals surface area contributed by atoms with E-state index in [1.165, 1.54) is 57.6 Å². The van der Waals surface area contributed by atoms with Gasteiger partial charge in [-0.15, -0.1) is 0 Å². The molecule has 3 heteroatoms. The second-order valence-corrected chi connectivity index (χ2v) is 14.4. The number of allylic oxidation sites excluding steroid dienone is 15. The average molecular weight is 671 g/mol. The average Bonchev–Trinajstić information content (AvgIpc) is 3.04. The van der Waals surface area contributed by atoms with Gasteiger partial charge in [0.15, 0.2) is 0 Å². The van der Waals surface area contributed by atoms with Gasteiger partial charge in [-0.1, -0.05) is 87.6 Å². The number of hydrogen-bond acceptors (Lipinski definition) is 3. The van der Waals surface area contributed by atoms with Crippen LogP contribution in [0.25, 0.3) is 0 Å². The molecular formula is C46H70O3. The highest BCUT2D eigenvalue weighted by Crippen LogP contribution is 2.24. The Bertz CT molecular complexity index is 1350. The van der Waals surface area contributed by atoms with Crippen LogP contribution in [-0.2, 0) is 6.42 Å². The van der Waals surface area contributed by atoms with Crippen LogP contribution in [-0.4, -0.2) is 21.9 Å². The summed E-state index contributed by atoms with van der Waals surface area (Å²) in [5.74, 6) is 0.398. The zero-order chi connectivity index (χ0) is 36.4. The van der Waals surface area contributed by atoms with E-state index in [9.17, 15) is 15.3 Å². The molecule has 272 valence electrons. The summed E-state index contributed by atoms with van der Waals surface area (Å²) in [6, 6.07) is 4.65. The van der Waals surface area contributed by atoms with Gasteiger partial charge >= 0.3 is 0 Å². The molecule has 0 aliphatic carbocycles. The van der Waals surface area contributed by atoms with Crippen LogP contribution in [0.1, 0.15) is 151 Å². The fourth-order valence-electron chi connectivity index (χ4n) is 5.66. The summed E-state index contributed by atoms with van der Waals surface area (Å²) in [6.07, 6.45) is 34.1. The second kappa shape index (κ2) is 26.6. The van der Waals surface area contributed by atoms with Crippen molar-refractivity contribution >= 4 is 0 Å². The Morgan fingerprint density at radius 1 is 0.469 bits per heavy atom. The van der Waals surface area contributed by atoms with Gasteiger partial charge in [0.2, 0.25) is 0 Å². The quantitative estimate of drug-likeness (QED) is 0.0758. The van der Waals surface area contributed by atoms with Gasteiger partial charge in [0.25, 0.3) is 0 Å². The highest BCUT2D eigenvalue weighted by molar-refractivity contribution is 5.40. The van der Waals surface area contributed by atoms with Crippen LogP contribution in [0.2, 0.25) is 0 Å². The van der Waals surface area contributed by atoms with Gasteiger partial charge in [-0.3, -0.25) is 0 Å². The lowest BCUT2D eigenvalue weighted by atomic mass is 10.0. The van der Waals surface area contributed by atoms with Crippen molar-refractivity contribution in [2.24, 2.45) is 0 Å². The van der Waals surface area contributed by atoms with Gasteiger partial charge in [-0.25, -0.2) is 0 Å². The summed E-state index contributed by atoms with van der Waals surface area (Å²) < 4.78 is 0. The van der Waals surface area contributed by atoms with E-state index in [-0.39, 0.29) is 18.1 Å². The molecule has 0 amide bonds. The van der Waals surface area contributed by atoms with Crippen LogP contribution >= 0.6 is 0 Å². The van der Waals surface area contributed by atoms with Crippen LogP contribution in [0.4, 0.5) is 0 Å². The van der Waals surface area contributed by atoms with Gasteiger partial charge in [0, 0.05) is 5.56 Å². The number of hydrogen-bond donors (Lipinski definition) is 3. The Balaban J connectivity index is 2.31. The molecule has 0 fully saturated rings. The summed E-state index contributed by atoms with van der Waals surface area (Å²) in [6.45, 7) is 17.8. The van der Waals surface area contributed by atoms with Gasteiger partial charge < -0.3 is 15.3 Å². The van der Waals surface area contributed by atoms with Gasteiger partial charge in [-0.05, 0) is 175 Å². The van der Waals surface area contributed by atoms with E-state index < -0.39 is 0 Å². The molecule has 3 N–H and O–H groups in total. The van der Waals surface area contributed by atoms with Crippen LogP contribution in [0.15, 0.2) is 111 Å². The fourth-order valence-corrected chi connectivity index (χ4v) is 5.66. The highest BCUT2D eigenvalue weighted by atomic mass is 16.3. The van der Waals surface area contributed by atoms with Crippen LogP contribution in [0.3, 0.4) is 0 Å². The predicted octanol–water partition coefficient (Wildman–Crippen LogP) is 13.7. The minimum atomic E-state index is 0.136. The van der Waals surface area contributed by atoms with Crippen molar-refractivity contribution in [2.75, 3.05) is 6.61 Å². The van der Waals surface area contributed by atoms with E-state index in [0.29, 0.717) is 6.42 Å². The molecule has 1 aromatic carbocycles. The van der Waals surface area contributed by atoms with E-state index >= 15 is 0 Å². The topological polar surface area (TPSA) is 60.7 Å². The van der Waals surface area contributed by atoms with E-state index in [1.807, 2.05) is 0 Å². The Labute approximate surface area is 301 Å². The first-order valence-electron chi connectivity index (χ1n) is 18.8. The standard InChI is InChI=1S/C46H70O3/c1-36(2)16-9-17-37(3)18-10-19-38(4)20-11-21-39(5)22-12-23-40(6)26-14-28-43(35-47)29-15-27-41(7)24-13-25-42(8)30-31-44-34-45(48)32-33-46(44)49/h16,18,20,22,24,26,29-30,32-34,47-49H,9-15,17,19,21,23,25,27-28,31,35H2,1-8H3. The van der Waals surface area contributed by atoms with E-state index in [0.717, 1.165) is 94.6 Å². The molecule has 0 unspecified atom stereocenters. The zero-order valence-electron chi connectivity index (χ0n) is 32.5. The summed E-state index contributed by atoms with van der Waals surface area (Å²) in [5, 5.41) is 29.5. The molecule has 0 radical (unpaired) electrons. The van der Waals surface area contributed by atoms with Gasteiger partial charge in [0.05, 0.1) is 6.61 Å². The monoisotopic (exact) mass is 671 g/mol. The van der Waals surface area contributed by atoms with Crippen LogP contribution in [0, 0.1) is 0 Å². The van der Waals surface area contributed by atoms with E-state index in [4.69, 9.17) is 0 Å². The van der Waals surface area contributed by atoms with Gasteiger partial charge in [-0.2, -0.15) is 0 Å². The van der Waals surface area contributed by atoms with Crippen molar-refractivity contribution in [1.82, 2.24) is 0 Å².